The third-order valence-corrected chi connectivity index (χ3v) is 10.1. The molecule has 49 heavy (non-hydrogen) atoms. The van der Waals surface area contributed by atoms with E-state index in [2.05, 4.69) is 137 Å². The molecule has 0 radical (unpaired) electrons. The fourth-order valence-corrected chi connectivity index (χ4v) is 7.69. The molecule has 1 aliphatic heterocycles. The molecule has 0 fully saturated rings. The molecule has 1 N–H and O–H groups in total. The van der Waals surface area contributed by atoms with Crippen molar-refractivity contribution in [2.24, 2.45) is 10.9 Å². The number of hydrogen-bond acceptors (Lipinski definition) is 4. The zero-order valence-electron chi connectivity index (χ0n) is 27.2. The van der Waals surface area contributed by atoms with Crippen LogP contribution in [0.2, 0.25) is 0 Å². The van der Waals surface area contributed by atoms with Crippen LogP contribution in [0.15, 0.2) is 157 Å². The van der Waals surface area contributed by atoms with Crippen LogP contribution in [0.3, 0.4) is 0 Å². The van der Waals surface area contributed by atoms with Crippen LogP contribution in [-0.4, -0.2) is 22.7 Å². The largest absolute Gasteiger partial charge is 0.378 e. The molecule has 1 aliphatic carbocycles. The molecule has 2 aliphatic rings. The summed E-state index contributed by atoms with van der Waals surface area (Å²) >= 11 is 0. The van der Waals surface area contributed by atoms with Gasteiger partial charge in [0.1, 0.15) is 0 Å². The molecule has 0 bridgehead atoms. The summed E-state index contributed by atoms with van der Waals surface area (Å²) in [5.41, 5.74) is 13.0. The van der Waals surface area contributed by atoms with Gasteiger partial charge in [-0.2, -0.15) is 0 Å². The van der Waals surface area contributed by atoms with Crippen molar-refractivity contribution in [2.75, 3.05) is 11.9 Å². The number of rotatable bonds is 5. The first-order chi connectivity index (χ1) is 24.2. The van der Waals surface area contributed by atoms with Crippen LogP contribution >= 0.6 is 0 Å². The van der Waals surface area contributed by atoms with Crippen molar-refractivity contribution in [1.82, 2.24) is 9.97 Å². The van der Waals surface area contributed by atoms with E-state index in [0.29, 0.717) is 0 Å². The number of benzene rings is 5. The summed E-state index contributed by atoms with van der Waals surface area (Å²) in [6.45, 7) is 3.11. The fraction of sp³-hybridized carbons (Fsp3) is 0.0889. The minimum atomic E-state index is 0.192. The number of aromatic nitrogens is 2. The minimum absolute atomic E-state index is 0.192. The summed E-state index contributed by atoms with van der Waals surface area (Å²) in [6.07, 6.45) is 16.4. The molecule has 4 nitrogen and oxygen atoms in total. The highest BCUT2D eigenvalue weighted by Gasteiger charge is 2.26. The van der Waals surface area contributed by atoms with Crippen LogP contribution in [-0.2, 0) is 0 Å². The number of pyridine rings is 2. The Bertz CT molecular complexity index is 2400. The number of nitrogens with zero attached hydrogens (tertiary/aromatic N) is 3. The number of fused-ring (bicyclic) bond motifs is 6. The van der Waals surface area contributed by atoms with Crippen molar-refractivity contribution >= 4 is 44.7 Å². The van der Waals surface area contributed by atoms with Gasteiger partial charge in [-0.3, -0.25) is 15.0 Å². The smallest absolute Gasteiger partial charge is 0.0942 e. The van der Waals surface area contributed by atoms with Crippen molar-refractivity contribution in [3.05, 3.63) is 163 Å². The lowest BCUT2D eigenvalue weighted by Gasteiger charge is -2.29. The van der Waals surface area contributed by atoms with Gasteiger partial charge in [-0.15, -0.1) is 0 Å². The Balaban J connectivity index is 1.14. The standard InChI is InChI=1S/C45H34N4/c1-29-36(35-24-33(31-9-7-19-46-27-31)23-34(25-35)32-10-8-20-47-28-32)15-6-16-37(29)39-12-3-2-11-38(39)30-17-18-42-43(26-30)40-13-4-5-14-41(40)44-45(42)49-22-21-48-44/h2-20,22-29,36,48H,21H2,1H3. The summed E-state index contributed by atoms with van der Waals surface area (Å²) in [5, 5.41) is 8.42. The van der Waals surface area contributed by atoms with E-state index in [0.717, 1.165) is 40.2 Å². The monoisotopic (exact) mass is 630 g/mol. The Kier molecular flexibility index (Phi) is 7.20. The average molecular weight is 631 g/mol. The molecule has 0 saturated carbocycles. The first-order valence-corrected chi connectivity index (χ1v) is 16.9. The summed E-state index contributed by atoms with van der Waals surface area (Å²) < 4.78 is 0. The van der Waals surface area contributed by atoms with Crippen molar-refractivity contribution in [1.29, 1.82) is 0 Å². The van der Waals surface area contributed by atoms with Crippen LogP contribution in [0.5, 0.6) is 0 Å². The molecule has 2 atom stereocenters. The van der Waals surface area contributed by atoms with Crippen LogP contribution in [0, 0.1) is 5.92 Å². The molecule has 4 heteroatoms. The quantitative estimate of drug-likeness (QED) is 0.193. The summed E-state index contributed by atoms with van der Waals surface area (Å²) in [5.74, 6) is 0.434. The third-order valence-electron chi connectivity index (χ3n) is 10.1. The lowest BCUT2D eigenvalue weighted by Crippen LogP contribution is -2.13. The molecule has 9 rings (SSSR count). The van der Waals surface area contributed by atoms with Gasteiger partial charge < -0.3 is 5.32 Å². The predicted octanol–water partition coefficient (Wildman–Crippen LogP) is 11.3. The highest BCUT2D eigenvalue weighted by Crippen LogP contribution is 2.46. The molecule has 2 aromatic heterocycles. The van der Waals surface area contributed by atoms with Gasteiger partial charge >= 0.3 is 0 Å². The van der Waals surface area contributed by atoms with Crippen LogP contribution in [0.1, 0.15) is 24.0 Å². The van der Waals surface area contributed by atoms with Crippen LogP contribution in [0.25, 0.3) is 60.5 Å². The van der Waals surface area contributed by atoms with E-state index in [-0.39, 0.29) is 11.8 Å². The highest BCUT2D eigenvalue weighted by molar-refractivity contribution is 6.21. The normalized spacial score (nSPS) is 16.7. The van der Waals surface area contributed by atoms with Gasteiger partial charge in [0.2, 0.25) is 0 Å². The lowest BCUT2D eigenvalue weighted by molar-refractivity contribution is 0.654. The Hall–Kier alpha value is -6.13. The van der Waals surface area contributed by atoms with Gasteiger partial charge in [-0.05, 0) is 79.9 Å². The fourth-order valence-electron chi connectivity index (χ4n) is 7.69. The Morgan fingerprint density at radius 2 is 1.33 bits per heavy atom. The second kappa shape index (κ2) is 12.1. The van der Waals surface area contributed by atoms with E-state index in [1.807, 2.05) is 43.1 Å². The minimum Gasteiger partial charge on any atom is -0.378 e. The van der Waals surface area contributed by atoms with E-state index < -0.39 is 0 Å². The van der Waals surface area contributed by atoms with Gasteiger partial charge in [0.15, 0.2) is 0 Å². The maximum absolute atomic E-state index is 4.85. The second-order valence-corrected chi connectivity index (χ2v) is 12.9. The molecular weight excluding hydrogens is 597 g/mol. The number of allylic oxidation sites excluding steroid dienone is 4. The number of anilines is 1. The highest BCUT2D eigenvalue weighted by atomic mass is 15.0. The van der Waals surface area contributed by atoms with E-state index in [1.54, 1.807) is 0 Å². The summed E-state index contributed by atoms with van der Waals surface area (Å²) in [6, 6.07) is 39.6. The summed E-state index contributed by atoms with van der Waals surface area (Å²) in [7, 11) is 0. The zero-order chi connectivity index (χ0) is 32.7. The van der Waals surface area contributed by atoms with Crippen molar-refractivity contribution in [2.45, 2.75) is 12.8 Å². The topological polar surface area (TPSA) is 50.2 Å². The average Bonchev–Trinajstić information content (AvgIpc) is 3.18. The van der Waals surface area contributed by atoms with Gasteiger partial charge in [-0.25, -0.2) is 0 Å². The number of nitrogens with one attached hydrogen (secondary N) is 1. The van der Waals surface area contributed by atoms with Gasteiger partial charge in [0.05, 0.1) is 17.9 Å². The van der Waals surface area contributed by atoms with E-state index in [9.17, 15) is 0 Å². The molecule has 0 amide bonds. The third kappa shape index (κ3) is 5.13. The molecule has 234 valence electrons. The molecular formula is C45H34N4. The molecule has 2 unspecified atom stereocenters. The van der Waals surface area contributed by atoms with E-state index in [1.165, 1.54) is 49.4 Å². The molecule has 7 aromatic rings. The van der Waals surface area contributed by atoms with E-state index >= 15 is 0 Å². The van der Waals surface area contributed by atoms with Crippen molar-refractivity contribution in [3.63, 3.8) is 0 Å². The lowest BCUT2D eigenvalue weighted by atomic mass is 9.75. The number of hydrogen-bond donors (Lipinski definition) is 1. The van der Waals surface area contributed by atoms with Crippen LogP contribution in [0.4, 0.5) is 11.4 Å². The first kappa shape index (κ1) is 29.0. The number of aliphatic imine (C=N–C) groups is 1. The maximum atomic E-state index is 4.85. The Morgan fingerprint density at radius 1 is 0.612 bits per heavy atom. The Labute approximate surface area is 286 Å². The van der Waals surface area contributed by atoms with Crippen molar-refractivity contribution < 1.29 is 0 Å². The van der Waals surface area contributed by atoms with E-state index in [4.69, 9.17) is 4.99 Å². The summed E-state index contributed by atoms with van der Waals surface area (Å²) in [4.78, 5) is 13.7. The Morgan fingerprint density at radius 3 is 2.06 bits per heavy atom. The van der Waals surface area contributed by atoms with Gasteiger partial charge in [-0.1, -0.05) is 110 Å². The van der Waals surface area contributed by atoms with Gasteiger partial charge in [0, 0.05) is 58.8 Å². The molecule has 3 heterocycles. The molecule has 0 spiro atoms. The predicted molar refractivity (Wildman–Crippen MR) is 205 cm³/mol. The van der Waals surface area contributed by atoms with Crippen molar-refractivity contribution in [3.8, 4) is 33.4 Å². The molecule has 5 aromatic carbocycles. The second-order valence-electron chi connectivity index (χ2n) is 12.9. The zero-order valence-corrected chi connectivity index (χ0v) is 27.2. The van der Waals surface area contributed by atoms with Crippen LogP contribution < -0.4 is 5.32 Å². The molecule has 0 saturated heterocycles. The van der Waals surface area contributed by atoms with Gasteiger partial charge in [0.25, 0.3) is 0 Å². The SMILES string of the molecule is CC1C(c2ccccc2-c2ccc3c4c(c5ccccc5c3c2)NCC=N4)=CC=CC1c1cc(-c2cccnc2)cc(-c2cccnc2)c1. The maximum Gasteiger partial charge on any atom is 0.0942 e. The first-order valence-electron chi connectivity index (χ1n) is 16.9.